The Bertz CT molecular complexity index is 675. The van der Waals surface area contributed by atoms with Crippen LogP contribution in [0.2, 0.25) is 0 Å². The zero-order valence-electron chi connectivity index (χ0n) is 16.5. The third-order valence-corrected chi connectivity index (χ3v) is 4.68. The highest BCUT2D eigenvalue weighted by atomic mass is 16.6. The second-order valence-electron chi connectivity index (χ2n) is 6.53. The average Bonchev–Trinajstić information content (AvgIpc) is 2.70. The SMILES string of the molecule is CCOc1ccccc1OCC(OC(=O)/C=C\C(=O)O)C1CCCCN1CC. The van der Waals surface area contributed by atoms with Crippen LogP contribution in [-0.2, 0) is 14.3 Å². The van der Waals surface area contributed by atoms with E-state index in [4.69, 9.17) is 19.3 Å². The van der Waals surface area contributed by atoms with E-state index in [0.29, 0.717) is 18.1 Å². The minimum absolute atomic E-state index is 0.0279. The normalized spacial score (nSPS) is 18.6. The Kier molecular flexibility index (Phi) is 8.81. The molecule has 1 aliphatic rings. The molecule has 1 aromatic carbocycles. The lowest BCUT2D eigenvalue weighted by Gasteiger charge is -2.39. The molecule has 1 aliphatic heterocycles. The number of carbonyl (C=O) groups excluding carboxylic acids is 1. The largest absolute Gasteiger partial charge is 0.490 e. The predicted molar refractivity (Wildman–Crippen MR) is 105 cm³/mol. The molecule has 1 N–H and O–H groups in total. The third-order valence-electron chi connectivity index (χ3n) is 4.68. The van der Waals surface area contributed by atoms with Gasteiger partial charge in [0.2, 0.25) is 0 Å². The number of piperidine rings is 1. The summed E-state index contributed by atoms with van der Waals surface area (Å²) in [6, 6.07) is 7.39. The number of rotatable bonds is 10. The number of hydrogen-bond acceptors (Lipinski definition) is 6. The summed E-state index contributed by atoms with van der Waals surface area (Å²) in [5, 5.41) is 8.72. The van der Waals surface area contributed by atoms with Gasteiger partial charge in [0.1, 0.15) is 6.61 Å². The number of likely N-dealkylation sites (N-methyl/N-ethyl adjacent to an activating group) is 1. The molecular weight excluding hydrogens is 362 g/mol. The summed E-state index contributed by atoms with van der Waals surface area (Å²) in [5.74, 6) is -0.652. The van der Waals surface area contributed by atoms with E-state index in [1.54, 1.807) is 0 Å². The van der Waals surface area contributed by atoms with Gasteiger partial charge in [0, 0.05) is 12.2 Å². The van der Waals surface area contributed by atoms with Crippen LogP contribution >= 0.6 is 0 Å². The quantitative estimate of drug-likeness (QED) is 0.485. The van der Waals surface area contributed by atoms with Crippen LogP contribution in [0.3, 0.4) is 0 Å². The van der Waals surface area contributed by atoms with Crippen LogP contribution in [-0.4, -0.2) is 60.4 Å². The Balaban J connectivity index is 2.13. The van der Waals surface area contributed by atoms with E-state index < -0.39 is 18.0 Å². The summed E-state index contributed by atoms with van der Waals surface area (Å²) in [6.45, 7) is 6.45. The van der Waals surface area contributed by atoms with Crippen molar-refractivity contribution in [1.82, 2.24) is 4.90 Å². The van der Waals surface area contributed by atoms with Gasteiger partial charge >= 0.3 is 11.9 Å². The van der Waals surface area contributed by atoms with Gasteiger partial charge in [-0.15, -0.1) is 0 Å². The molecule has 0 amide bonds. The highest BCUT2D eigenvalue weighted by molar-refractivity contribution is 5.90. The maximum Gasteiger partial charge on any atom is 0.331 e. The smallest absolute Gasteiger partial charge is 0.331 e. The second kappa shape index (κ2) is 11.3. The maximum absolute atomic E-state index is 12.1. The molecule has 0 aliphatic carbocycles. The van der Waals surface area contributed by atoms with Crippen molar-refractivity contribution in [2.75, 3.05) is 26.3 Å². The van der Waals surface area contributed by atoms with E-state index in [2.05, 4.69) is 11.8 Å². The highest BCUT2D eigenvalue weighted by Gasteiger charge is 2.32. The van der Waals surface area contributed by atoms with E-state index in [9.17, 15) is 9.59 Å². The topological polar surface area (TPSA) is 85.3 Å². The van der Waals surface area contributed by atoms with E-state index in [0.717, 1.165) is 44.5 Å². The number of carbonyl (C=O) groups is 2. The van der Waals surface area contributed by atoms with Gasteiger partial charge in [-0.1, -0.05) is 25.5 Å². The third kappa shape index (κ3) is 6.56. The number of para-hydroxylation sites is 2. The fourth-order valence-electron chi connectivity index (χ4n) is 3.40. The lowest BCUT2D eigenvalue weighted by atomic mass is 9.97. The number of aliphatic carboxylic acids is 1. The standard InChI is InChI=1S/C21H29NO6/c1-3-22-14-8-7-9-16(22)19(28-21(25)13-12-20(23)24)15-27-18-11-6-5-10-17(18)26-4-2/h5-6,10-13,16,19H,3-4,7-9,14-15H2,1-2H3,(H,23,24)/b13-12-. The van der Waals surface area contributed by atoms with Crippen molar-refractivity contribution in [2.45, 2.75) is 45.3 Å². The van der Waals surface area contributed by atoms with Gasteiger partial charge in [0.25, 0.3) is 0 Å². The number of likely N-dealkylation sites (tertiary alicyclic amines) is 1. The molecule has 7 heteroatoms. The first kappa shape index (κ1) is 21.8. The second-order valence-corrected chi connectivity index (χ2v) is 6.53. The summed E-state index contributed by atoms with van der Waals surface area (Å²) < 4.78 is 17.1. The Morgan fingerprint density at radius 2 is 1.89 bits per heavy atom. The molecule has 0 radical (unpaired) electrons. The zero-order chi connectivity index (χ0) is 20.4. The van der Waals surface area contributed by atoms with E-state index in [1.165, 1.54) is 0 Å². The first-order valence-electron chi connectivity index (χ1n) is 9.75. The first-order chi connectivity index (χ1) is 13.5. The van der Waals surface area contributed by atoms with Gasteiger partial charge in [-0.3, -0.25) is 4.90 Å². The van der Waals surface area contributed by atoms with Crippen LogP contribution < -0.4 is 9.47 Å². The van der Waals surface area contributed by atoms with Crippen molar-refractivity contribution in [3.8, 4) is 11.5 Å². The number of ether oxygens (including phenoxy) is 3. The van der Waals surface area contributed by atoms with Crippen LogP contribution in [0.1, 0.15) is 33.1 Å². The molecule has 0 saturated carbocycles. The van der Waals surface area contributed by atoms with Crippen LogP contribution in [0.4, 0.5) is 0 Å². The molecular formula is C21H29NO6. The van der Waals surface area contributed by atoms with Crippen molar-refractivity contribution < 1.29 is 28.9 Å². The molecule has 154 valence electrons. The zero-order valence-corrected chi connectivity index (χ0v) is 16.5. The first-order valence-corrected chi connectivity index (χ1v) is 9.75. The highest BCUT2D eigenvalue weighted by Crippen LogP contribution is 2.28. The maximum atomic E-state index is 12.1. The van der Waals surface area contributed by atoms with E-state index in [-0.39, 0.29) is 12.6 Å². The van der Waals surface area contributed by atoms with Crippen molar-refractivity contribution in [3.63, 3.8) is 0 Å². The fraction of sp³-hybridized carbons (Fsp3) is 0.524. The Hall–Kier alpha value is -2.54. The van der Waals surface area contributed by atoms with E-state index >= 15 is 0 Å². The van der Waals surface area contributed by atoms with Gasteiger partial charge in [-0.2, -0.15) is 0 Å². The molecule has 2 atom stereocenters. The molecule has 1 aromatic rings. The molecule has 1 heterocycles. The van der Waals surface area contributed by atoms with Crippen molar-refractivity contribution >= 4 is 11.9 Å². The van der Waals surface area contributed by atoms with Gasteiger partial charge in [-0.05, 0) is 45.0 Å². The van der Waals surface area contributed by atoms with Gasteiger partial charge in [0.05, 0.1) is 12.6 Å². The predicted octanol–water partition coefficient (Wildman–Crippen LogP) is 2.89. The van der Waals surface area contributed by atoms with Crippen LogP contribution in [0.5, 0.6) is 11.5 Å². The minimum Gasteiger partial charge on any atom is -0.490 e. The molecule has 0 bridgehead atoms. The van der Waals surface area contributed by atoms with E-state index in [1.807, 2.05) is 31.2 Å². The molecule has 7 nitrogen and oxygen atoms in total. The van der Waals surface area contributed by atoms with Gasteiger partial charge < -0.3 is 19.3 Å². The van der Waals surface area contributed by atoms with Crippen LogP contribution in [0, 0.1) is 0 Å². The number of hydrogen-bond donors (Lipinski definition) is 1. The minimum atomic E-state index is -1.19. The number of carboxylic acids is 1. The average molecular weight is 391 g/mol. The van der Waals surface area contributed by atoms with Crippen LogP contribution in [0.25, 0.3) is 0 Å². The van der Waals surface area contributed by atoms with Crippen molar-refractivity contribution in [2.24, 2.45) is 0 Å². The molecule has 0 aromatic heterocycles. The summed E-state index contributed by atoms with van der Waals surface area (Å²) in [4.78, 5) is 25.0. The lowest BCUT2D eigenvalue weighted by molar-refractivity contribution is -0.150. The van der Waals surface area contributed by atoms with Crippen molar-refractivity contribution in [3.05, 3.63) is 36.4 Å². The lowest BCUT2D eigenvalue weighted by Crippen LogP contribution is -2.50. The molecule has 2 rings (SSSR count). The number of benzene rings is 1. The molecule has 1 saturated heterocycles. The number of carboxylic acid groups (broad SMARTS) is 1. The Morgan fingerprint density at radius 1 is 1.18 bits per heavy atom. The Labute approximate surface area is 165 Å². The van der Waals surface area contributed by atoms with Gasteiger partial charge in [0.15, 0.2) is 17.6 Å². The number of esters is 1. The summed E-state index contributed by atoms with van der Waals surface area (Å²) in [6.07, 6.45) is 4.26. The molecule has 28 heavy (non-hydrogen) atoms. The fourth-order valence-corrected chi connectivity index (χ4v) is 3.40. The molecule has 0 spiro atoms. The molecule has 2 unspecified atom stereocenters. The van der Waals surface area contributed by atoms with Crippen molar-refractivity contribution in [1.29, 1.82) is 0 Å². The monoisotopic (exact) mass is 391 g/mol. The summed E-state index contributed by atoms with van der Waals surface area (Å²) in [5.41, 5.74) is 0. The summed E-state index contributed by atoms with van der Waals surface area (Å²) in [7, 11) is 0. The Morgan fingerprint density at radius 3 is 2.54 bits per heavy atom. The number of nitrogens with zero attached hydrogens (tertiary/aromatic N) is 1. The molecule has 1 fully saturated rings. The van der Waals surface area contributed by atoms with Crippen LogP contribution in [0.15, 0.2) is 36.4 Å². The van der Waals surface area contributed by atoms with Gasteiger partial charge in [-0.25, -0.2) is 9.59 Å². The summed E-state index contributed by atoms with van der Waals surface area (Å²) >= 11 is 0.